The maximum absolute atomic E-state index is 12.7. The highest BCUT2D eigenvalue weighted by molar-refractivity contribution is 7.91. The first kappa shape index (κ1) is 18.7. The van der Waals surface area contributed by atoms with Gasteiger partial charge in [-0.1, -0.05) is 0 Å². The number of rotatable bonds is 3. The van der Waals surface area contributed by atoms with Crippen molar-refractivity contribution in [2.75, 3.05) is 38.7 Å². The van der Waals surface area contributed by atoms with Crippen molar-refractivity contribution in [3.8, 4) is 0 Å². The molecular weight excluding hydrogens is 358 g/mol. The lowest BCUT2D eigenvalue weighted by Gasteiger charge is -2.44. The Balaban J connectivity index is 1.72. The Bertz CT molecular complexity index is 803. The van der Waals surface area contributed by atoms with Crippen LogP contribution in [0.15, 0.2) is 12.4 Å². The molecule has 10 heteroatoms. The number of sulfone groups is 1. The largest absolute Gasteiger partial charge is 0.335 e. The molecule has 0 N–H and O–H groups in total. The maximum atomic E-state index is 12.7. The number of piperazine rings is 1. The predicted molar refractivity (Wildman–Crippen MR) is 95.3 cm³/mol. The van der Waals surface area contributed by atoms with Crippen LogP contribution < -0.4 is 0 Å². The number of hydrogen-bond acceptors (Lipinski definition) is 5. The predicted octanol–water partition coefficient (Wildman–Crippen LogP) is -0.427. The summed E-state index contributed by atoms with van der Waals surface area (Å²) in [6, 6.07) is -1.15. The molecule has 0 radical (unpaired) electrons. The van der Waals surface area contributed by atoms with Gasteiger partial charge in [-0.3, -0.25) is 9.48 Å². The molecule has 0 spiro atoms. The zero-order valence-corrected chi connectivity index (χ0v) is 16.1. The fourth-order valence-electron chi connectivity index (χ4n) is 3.70. The van der Waals surface area contributed by atoms with Crippen LogP contribution in [-0.4, -0.2) is 95.6 Å². The van der Waals surface area contributed by atoms with Crippen LogP contribution in [0.2, 0.25) is 0 Å². The van der Waals surface area contributed by atoms with Crippen molar-refractivity contribution in [2.45, 2.75) is 32.0 Å². The summed E-state index contributed by atoms with van der Waals surface area (Å²) < 4.78 is 26.1. The second-order valence-electron chi connectivity index (χ2n) is 7.20. The lowest BCUT2D eigenvalue weighted by molar-refractivity contribution is -0.136. The monoisotopic (exact) mass is 383 g/mol. The van der Waals surface area contributed by atoms with E-state index in [1.54, 1.807) is 34.8 Å². The van der Waals surface area contributed by atoms with Crippen molar-refractivity contribution in [1.82, 2.24) is 24.5 Å². The molecule has 0 bridgehead atoms. The van der Waals surface area contributed by atoms with E-state index in [0.717, 1.165) is 5.56 Å². The van der Waals surface area contributed by atoms with Gasteiger partial charge in [0.15, 0.2) is 9.84 Å². The van der Waals surface area contributed by atoms with Gasteiger partial charge in [-0.05, 0) is 12.5 Å². The molecule has 0 aliphatic carbocycles. The van der Waals surface area contributed by atoms with Crippen LogP contribution in [-0.2, 0) is 21.2 Å². The van der Waals surface area contributed by atoms with Crippen LogP contribution in [0, 0.1) is 6.92 Å². The molecule has 26 heavy (non-hydrogen) atoms. The zero-order valence-electron chi connectivity index (χ0n) is 15.3. The molecule has 2 aliphatic rings. The van der Waals surface area contributed by atoms with E-state index >= 15 is 0 Å². The lowest BCUT2D eigenvalue weighted by Crippen LogP contribution is -2.63. The SMILES string of the molecule is Cc1cnn(CCC(=O)N2CCN(C(=O)N(C)C)[C@H]3CS(=O)(=O)C[C@H]32)c1. The van der Waals surface area contributed by atoms with E-state index in [1.165, 1.54) is 4.90 Å². The molecule has 1 aromatic rings. The molecule has 144 valence electrons. The fourth-order valence-corrected chi connectivity index (χ4v) is 5.68. The van der Waals surface area contributed by atoms with Crippen LogP contribution >= 0.6 is 0 Å². The van der Waals surface area contributed by atoms with Crippen molar-refractivity contribution in [2.24, 2.45) is 0 Å². The van der Waals surface area contributed by atoms with Gasteiger partial charge < -0.3 is 14.7 Å². The summed E-state index contributed by atoms with van der Waals surface area (Å²) >= 11 is 0. The molecule has 0 aromatic carbocycles. The topological polar surface area (TPSA) is 95.8 Å². The molecule has 0 saturated carbocycles. The second kappa shape index (κ2) is 6.90. The molecule has 3 rings (SSSR count). The number of fused-ring (bicyclic) bond motifs is 1. The van der Waals surface area contributed by atoms with Gasteiger partial charge in [-0.15, -0.1) is 0 Å². The van der Waals surface area contributed by atoms with E-state index in [1.807, 2.05) is 13.1 Å². The van der Waals surface area contributed by atoms with Gasteiger partial charge in [-0.25, -0.2) is 13.2 Å². The summed E-state index contributed by atoms with van der Waals surface area (Å²) in [5.74, 6) is -0.261. The molecule has 1 aromatic heterocycles. The lowest BCUT2D eigenvalue weighted by atomic mass is 10.0. The summed E-state index contributed by atoms with van der Waals surface area (Å²) in [6.45, 7) is 3.08. The Kier molecular flexibility index (Phi) is 4.96. The molecule has 2 aliphatic heterocycles. The zero-order chi connectivity index (χ0) is 19.1. The number of nitrogens with zero attached hydrogens (tertiary/aromatic N) is 5. The van der Waals surface area contributed by atoms with Crippen molar-refractivity contribution in [3.05, 3.63) is 18.0 Å². The highest BCUT2D eigenvalue weighted by Crippen LogP contribution is 2.28. The Morgan fingerprint density at radius 1 is 1.19 bits per heavy atom. The molecular formula is C16H25N5O4S. The normalized spacial score (nSPS) is 24.4. The van der Waals surface area contributed by atoms with Crippen molar-refractivity contribution in [3.63, 3.8) is 0 Å². The Morgan fingerprint density at radius 2 is 1.81 bits per heavy atom. The third-order valence-corrected chi connectivity index (χ3v) is 6.64. The number of carbonyl (C=O) groups excluding carboxylic acids is 2. The van der Waals surface area contributed by atoms with Crippen LogP contribution in [0.4, 0.5) is 4.79 Å². The highest BCUT2D eigenvalue weighted by Gasteiger charge is 2.49. The van der Waals surface area contributed by atoms with E-state index in [-0.39, 0.29) is 29.9 Å². The van der Waals surface area contributed by atoms with Gasteiger partial charge in [0.2, 0.25) is 5.91 Å². The van der Waals surface area contributed by atoms with Crippen molar-refractivity contribution < 1.29 is 18.0 Å². The molecule has 2 saturated heterocycles. The minimum absolute atomic E-state index is 0.0819. The van der Waals surface area contributed by atoms with E-state index in [0.29, 0.717) is 19.6 Å². The minimum atomic E-state index is -3.28. The number of carbonyl (C=O) groups is 2. The Labute approximate surface area is 153 Å². The van der Waals surface area contributed by atoms with Crippen LogP contribution in [0.1, 0.15) is 12.0 Å². The molecule has 3 heterocycles. The highest BCUT2D eigenvalue weighted by atomic mass is 32.2. The van der Waals surface area contributed by atoms with E-state index in [9.17, 15) is 18.0 Å². The Morgan fingerprint density at radius 3 is 2.38 bits per heavy atom. The van der Waals surface area contributed by atoms with E-state index < -0.39 is 21.9 Å². The van der Waals surface area contributed by atoms with Gasteiger partial charge in [0, 0.05) is 46.3 Å². The van der Waals surface area contributed by atoms with E-state index in [4.69, 9.17) is 0 Å². The summed E-state index contributed by atoms with van der Waals surface area (Å²) in [6.07, 6.45) is 3.85. The number of hydrogen-bond donors (Lipinski definition) is 0. The number of aromatic nitrogens is 2. The minimum Gasteiger partial charge on any atom is -0.335 e. The molecule has 3 amide bonds. The third-order valence-electron chi connectivity index (χ3n) is 4.94. The molecule has 2 fully saturated rings. The standard InChI is InChI=1S/C16H25N5O4S/c1-12-8-17-19(9-12)5-4-15(22)20-6-7-21(16(23)18(2)3)14-11-26(24,25)10-13(14)20/h8-9,13-14H,4-7,10-11H2,1-3H3/t13-,14+/m1/s1. The van der Waals surface area contributed by atoms with Crippen LogP contribution in [0.3, 0.4) is 0 Å². The molecule has 2 atom stereocenters. The first-order valence-electron chi connectivity index (χ1n) is 8.65. The first-order chi connectivity index (χ1) is 12.2. The first-order valence-corrected chi connectivity index (χ1v) is 10.5. The van der Waals surface area contributed by atoms with Crippen molar-refractivity contribution >= 4 is 21.8 Å². The van der Waals surface area contributed by atoms with E-state index in [2.05, 4.69) is 5.10 Å². The fraction of sp³-hybridized carbons (Fsp3) is 0.688. The van der Waals surface area contributed by atoms with Gasteiger partial charge in [0.25, 0.3) is 0 Å². The summed E-state index contributed by atoms with van der Waals surface area (Å²) in [5, 5.41) is 4.17. The van der Waals surface area contributed by atoms with Gasteiger partial charge in [0.1, 0.15) is 0 Å². The molecule has 0 unspecified atom stereocenters. The average molecular weight is 383 g/mol. The van der Waals surface area contributed by atoms with Crippen LogP contribution in [0.5, 0.6) is 0 Å². The second-order valence-corrected chi connectivity index (χ2v) is 9.35. The average Bonchev–Trinajstić information content (AvgIpc) is 3.12. The maximum Gasteiger partial charge on any atom is 0.319 e. The number of amides is 3. The summed E-state index contributed by atoms with van der Waals surface area (Å²) in [4.78, 5) is 29.8. The summed E-state index contributed by atoms with van der Waals surface area (Å²) in [5.41, 5.74) is 1.02. The third kappa shape index (κ3) is 3.69. The number of aryl methyl sites for hydroxylation is 2. The van der Waals surface area contributed by atoms with Crippen LogP contribution in [0.25, 0.3) is 0 Å². The van der Waals surface area contributed by atoms with Gasteiger partial charge in [0.05, 0.1) is 29.8 Å². The quantitative estimate of drug-likeness (QED) is 0.706. The molecule has 9 nitrogen and oxygen atoms in total. The van der Waals surface area contributed by atoms with Gasteiger partial charge in [-0.2, -0.15) is 5.10 Å². The Hall–Kier alpha value is -2.10. The smallest absolute Gasteiger partial charge is 0.319 e. The summed E-state index contributed by atoms with van der Waals surface area (Å²) in [7, 11) is 0.0115. The van der Waals surface area contributed by atoms with Gasteiger partial charge >= 0.3 is 6.03 Å². The van der Waals surface area contributed by atoms with Crippen molar-refractivity contribution in [1.29, 1.82) is 0 Å². The number of urea groups is 1.